The quantitative estimate of drug-likeness (QED) is 0.602. The second-order valence-corrected chi connectivity index (χ2v) is 6.05. The molecule has 1 aromatic carbocycles. The minimum atomic E-state index is -0.0940. The molecule has 18 heavy (non-hydrogen) atoms. The van der Waals surface area contributed by atoms with Crippen molar-refractivity contribution in [2.75, 3.05) is 6.54 Å². The molecule has 1 saturated heterocycles. The van der Waals surface area contributed by atoms with Crippen molar-refractivity contribution in [3.63, 3.8) is 0 Å². The summed E-state index contributed by atoms with van der Waals surface area (Å²) >= 11 is 18.5. The zero-order chi connectivity index (χ0) is 13.3. The highest BCUT2D eigenvalue weighted by atomic mass is 35.5. The van der Waals surface area contributed by atoms with Crippen LogP contribution in [0, 0.1) is 0 Å². The average molecular weight is 318 g/mol. The number of halogens is 2. The van der Waals surface area contributed by atoms with Crippen molar-refractivity contribution in [1.29, 1.82) is 0 Å². The number of carbonyl (C=O) groups excluding carboxylic acids is 1. The van der Waals surface area contributed by atoms with Crippen molar-refractivity contribution in [3.05, 3.63) is 38.7 Å². The van der Waals surface area contributed by atoms with Gasteiger partial charge in [-0.25, -0.2) is 0 Å². The van der Waals surface area contributed by atoms with Gasteiger partial charge in [-0.15, -0.1) is 0 Å². The Balaban J connectivity index is 2.41. The smallest absolute Gasteiger partial charge is 0.266 e. The first-order valence-corrected chi connectivity index (χ1v) is 7.22. The molecule has 94 valence electrons. The Hall–Kier alpha value is -0.550. The molecule has 0 saturated carbocycles. The molecule has 1 fully saturated rings. The summed E-state index contributed by atoms with van der Waals surface area (Å²) in [5.74, 6) is -0.0940. The van der Waals surface area contributed by atoms with Crippen molar-refractivity contribution >= 4 is 63.5 Å². The minimum absolute atomic E-state index is 0.0940. The van der Waals surface area contributed by atoms with E-state index in [0.29, 0.717) is 31.4 Å². The standard InChI is InChI=1S/C12H9Cl2NOS2/c1-2-15-11(16)10(18-12(15)17)6-7-8(13)4-3-5-9(7)14/h3-6H,2H2,1H3/b10-6+. The minimum Gasteiger partial charge on any atom is -0.293 e. The SMILES string of the molecule is CCN1C(=O)/C(=C\c2c(Cl)cccc2Cl)SC1=S. The molecule has 1 amide bonds. The summed E-state index contributed by atoms with van der Waals surface area (Å²) in [6, 6.07) is 5.24. The summed E-state index contributed by atoms with van der Waals surface area (Å²) in [6.45, 7) is 2.45. The van der Waals surface area contributed by atoms with Crippen molar-refractivity contribution in [3.8, 4) is 0 Å². The number of thiocarbonyl (C=S) groups is 1. The second-order valence-electron chi connectivity index (χ2n) is 3.56. The Bertz CT molecular complexity index is 537. The molecule has 6 heteroatoms. The molecule has 1 heterocycles. The van der Waals surface area contributed by atoms with E-state index in [4.69, 9.17) is 35.4 Å². The highest BCUT2D eigenvalue weighted by Gasteiger charge is 2.30. The van der Waals surface area contributed by atoms with Gasteiger partial charge in [0.2, 0.25) is 0 Å². The average Bonchev–Trinajstić information content (AvgIpc) is 2.59. The molecule has 1 aliphatic rings. The van der Waals surface area contributed by atoms with Gasteiger partial charge in [0.15, 0.2) is 0 Å². The Kier molecular flexibility index (Phi) is 4.33. The predicted octanol–water partition coefficient (Wildman–Crippen LogP) is 4.21. The van der Waals surface area contributed by atoms with Crippen LogP contribution >= 0.6 is 47.2 Å². The summed E-state index contributed by atoms with van der Waals surface area (Å²) in [5, 5.41) is 1.04. The molecule has 2 rings (SSSR count). The molecule has 1 aromatic rings. The van der Waals surface area contributed by atoms with Gasteiger partial charge < -0.3 is 0 Å². The van der Waals surface area contributed by atoms with E-state index in [9.17, 15) is 4.79 Å². The fourth-order valence-electron chi connectivity index (χ4n) is 1.55. The lowest BCUT2D eigenvalue weighted by molar-refractivity contribution is -0.121. The van der Waals surface area contributed by atoms with Crippen LogP contribution in [0.5, 0.6) is 0 Å². The molecular formula is C12H9Cl2NOS2. The van der Waals surface area contributed by atoms with Crippen LogP contribution in [0.15, 0.2) is 23.1 Å². The summed E-state index contributed by atoms with van der Waals surface area (Å²) in [6.07, 6.45) is 1.69. The molecule has 2 nitrogen and oxygen atoms in total. The molecule has 0 spiro atoms. The van der Waals surface area contributed by atoms with E-state index in [1.807, 2.05) is 6.92 Å². The molecule has 0 aliphatic carbocycles. The van der Waals surface area contributed by atoms with E-state index in [1.54, 1.807) is 29.2 Å². The van der Waals surface area contributed by atoms with E-state index >= 15 is 0 Å². The van der Waals surface area contributed by atoms with Crippen LogP contribution in [0.3, 0.4) is 0 Å². The molecule has 0 unspecified atom stereocenters. The van der Waals surface area contributed by atoms with E-state index in [1.165, 1.54) is 11.8 Å². The van der Waals surface area contributed by atoms with E-state index in [-0.39, 0.29) is 5.91 Å². The summed E-state index contributed by atoms with van der Waals surface area (Å²) in [4.78, 5) is 14.1. The summed E-state index contributed by atoms with van der Waals surface area (Å²) in [5.41, 5.74) is 0.650. The lowest BCUT2D eigenvalue weighted by Gasteiger charge is -2.09. The normalized spacial score (nSPS) is 17.9. The van der Waals surface area contributed by atoms with Crippen LogP contribution in [0.25, 0.3) is 6.08 Å². The van der Waals surface area contributed by atoms with Gasteiger partial charge in [-0.3, -0.25) is 9.69 Å². The van der Waals surface area contributed by atoms with Crippen molar-refractivity contribution < 1.29 is 4.79 Å². The van der Waals surface area contributed by atoms with Crippen LogP contribution in [0.1, 0.15) is 12.5 Å². The van der Waals surface area contributed by atoms with Gasteiger partial charge in [0.05, 0.1) is 4.91 Å². The lowest BCUT2D eigenvalue weighted by atomic mass is 10.2. The van der Waals surface area contributed by atoms with Crippen LogP contribution in [0.2, 0.25) is 10.0 Å². The molecule has 1 aliphatic heterocycles. The number of nitrogens with zero attached hydrogens (tertiary/aromatic N) is 1. The highest BCUT2D eigenvalue weighted by molar-refractivity contribution is 8.26. The van der Waals surface area contributed by atoms with Crippen molar-refractivity contribution in [2.45, 2.75) is 6.92 Å². The molecular weight excluding hydrogens is 309 g/mol. The van der Waals surface area contributed by atoms with Crippen LogP contribution in [-0.2, 0) is 4.79 Å². The van der Waals surface area contributed by atoms with Gasteiger partial charge in [0.1, 0.15) is 4.32 Å². The first-order chi connectivity index (χ1) is 8.54. The van der Waals surface area contributed by atoms with Crippen molar-refractivity contribution in [1.82, 2.24) is 4.90 Å². The number of carbonyl (C=O) groups is 1. The Morgan fingerprint density at radius 1 is 1.39 bits per heavy atom. The van der Waals surface area contributed by atoms with Gasteiger partial charge in [0.25, 0.3) is 5.91 Å². The monoisotopic (exact) mass is 317 g/mol. The summed E-state index contributed by atoms with van der Waals surface area (Å²) in [7, 11) is 0. The van der Waals surface area contributed by atoms with Crippen LogP contribution in [0.4, 0.5) is 0 Å². The number of benzene rings is 1. The Morgan fingerprint density at radius 3 is 2.50 bits per heavy atom. The largest absolute Gasteiger partial charge is 0.293 e. The highest BCUT2D eigenvalue weighted by Crippen LogP contribution is 2.35. The van der Waals surface area contributed by atoms with E-state index in [2.05, 4.69) is 0 Å². The third kappa shape index (κ3) is 2.57. The maximum atomic E-state index is 12.0. The second kappa shape index (κ2) is 5.61. The molecule has 0 atom stereocenters. The van der Waals surface area contributed by atoms with E-state index in [0.717, 1.165) is 0 Å². The molecule has 0 bridgehead atoms. The van der Waals surface area contributed by atoms with E-state index < -0.39 is 0 Å². The maximum Gasteiger partial charge on any atom is 0.266 e. The third-order valence-electron chi connectivity index (χ3n) is 2.46. The number of likely N-dealkylation sites (N-methyl/N-ethyl adjacent to an activating group) is 1. The number of thioether (sulfide) groups is 1. The van der Waals surface area contributed by atoms with Gasteiger partial charge in [0, 0.05) is 22.2 Å². The number of hydrogen-bond donors (Lipinski definition) is 0. The predicted molar refractivity (Wildman–Crippen MR) is 82.0 cm³/mol. The van der Waals surface area contributed by atoms with Gasteiger partial charge in [-0.1, -0.05) is 53.2 Å². The van der Waals surface area contributed by atoms with Crippen LogP contribution in [-0.4, -0.2) is 21.7 Å². The number of rotatable bonds is 2. The van der Waals surface area contributed by atoms with Gasteiger partial charge >= 0.3 is 0 Å². The molecule has 0 aromatic heterocycles. The maximum absolute atomic E-state index is 12.0. The van der Waals surface area contributed by atoms with Crippen LogP contribution < -0.4 is 0 Å². The fourth-order valence-corrected chi connectivity index (χ4v) is 3.42. The first kappa shape index (κ1) is 13.9. The third-order valence-corrected chi connectivity index (χ3v) is 4.50. The van der Waals surface area contributed by atoms with Crippen molar-refractivity contribution in [2.24, 2.45) is 0 Å². The molecule has 0 N–H and O–H groups in total. The molecule has 0 radical (unpaired) electrons. The lowest BCUT2D eigenvalue weighted by Crippen LogP contribution is -2.27. The zero-order valence-corrected chi connectivity index (χ0v) is 12.6. The summed E-state index contributed by atoms with van der Waals surface area (Å²) < 4.78 is 0.567. The number of hydrogen-bond acceptors (Lipinski definition) is 3. The Labute approximate surface area is 125 Å². The van der Waals surface area contributed by atoms with Gasteiger partial charge in [-0.2, -0.15) is 0 Å². The first-order valence-electron chi connectivity index (χ1n) is 5.24. The van der Waals surface area contributed by atoms with Gasteiger partial charge in [-0.05, 0) is 25.1 Å². The fraction of sp³-hybridized carbons (Fsp3) is 0.167. The topological polar surface area (TPSA) is 20.3 Å². The number of amides is 1. The zero-order valence-electron chi connectivity index (χ0n) is 9.44. The Morgan fingerprint density at radius 2 is 2.00 bits per heavy atom.